The van der Waals surface area contributed by atoms with E-state index in [0.29, 0.717) is 18.4 Å². The molecule has 0 fully saturated rings. The molecule has 2 heterocycles. The van der Waals surface area contributed by atoms with Gasteiger partial charge in [0, 0.05) is 6.54 Å². The molecule has 0 spiro atoms. The number of ether oxygens (including phenoxy) is 2. The molecule has 0 bridgehead atoms. The Labute approximate surface area is 143 Å². The Morgan fingerprint density at radius 3 is 2.71 bits per heavy atom. The van der Waals surface area contributed by atoms with Gasteiger partial charge in [0.1, 0.15) is 9.77 Å². The van der Waals surface area contributed by atoms with Gasteiger partial charge >= 0.3 is 12.0 Å². The lowest BCUT2D eigenvalue weighted by molar-refractivity contribution is 0.0602. The Morgan fingerprint density at radius 2 is 2.12 bits per heavy atom. The second-order valence-corrected chi connectivity index (χ2v) is 7.34. The van der Waals surface area contributed by atoms with Crippen LogP contribution in [0.5, 0.6) is 6.01 Å². The van der Waals surface area contributed by atoms with Crippen LogP contribution in [0.3, 0.4) is 0 Å². The van der Waals surface area contributed by atoms with E-state index in [9.17, 15) is 13.2 Å². The summed E-state index contributed by atoms with van der Waals surface area (Å²) in [5.41, 5.74) is 0. The Bertz CT molecular complexity index is 827. The Morgan fingerprint density at radius 1 is 1.42 bits per heavy atom. The lowest BCUT2D eigenvalue weighted by atomic mass is 10.3. The second kappa shape index (κ2) is 7.28. The van der Waals surface area contributed by atoms with E-state index in [2.05, 4.69) is 19.7 Å². The number of nitrogens with zero attached hydrogens (tertiary/aromatic N) is 3. The summed E-state index contributed by atoms with van der Waals surface area (Å²) in [6.45, 7) is 4.02. The number of esters is 1. The molecular formula is C13H18N4O5S2. The maximum Gasteiger partial charge on any atom is 0.349 e. The fourth-order valence-corrected chi connectivity index (χ4v) is 4.70. The van der Waals surface area contributed by atoms with Gasteiger partial charge < -0.3 is 9.47 Å². The van der Waals surface area contributed by atoms with E-state index in [0.717, 1.165) is 11.3 Å². The molecule has 9 nitrogen and oxygen atoms in total. The molecule has 132 valence electrons. The zero-order chi connectivity index (χ0) is 17.9. The molecule has 2 aromatic heterocycles. The van der Waals surface area contributed by atoms with E-state index in [-0.39, 0.29) is 9.77 Å². The Hall–Kier alpha value is -1.98. The summed E-state index contributed by atoms with van der Waals surface area (Å²) in [7, 11) is -1.27. The van der Waals surface area contributed by atoms with Crippen molar-refractivity contribution in [3.63, 3.8) is 0 Å². The molecule has 0 aliphatic rings. The molecule has 0 saturated carbocycles. The third kappa shape index (κ3) is 3.42. The molecule has 2 aromatic rings. The van der Waals surface area contributed by atoms with E-state index in [1.165, 1.54) is 25.7 Å². The van der Waals surface area contributed by atoms with Crippen molar-refractivity contribution in [2.24, 2.45) is 0 Å². The standard InChI is InChI=1S/C13H18N4O5S2/c1-5-17-11(14-15-13(17)22-4)8(2)16-24(19,20)9-6-7-23-10(9)12(18)21-3/h6-8,16H,5H2,1-4H3/t8-/m1/s1. The summed E-state index contributed by atoms with van der Waals surface area (Å²) in [5, 5.41) is 9.35. The number of sulfonamides is 1. The predicted octanol–water partition coefficient (Wildman–Crippen LogP) is 1.19. The predicted molar refractivity (Wildman–Crippen MR) is 86.6 cm³/mol. The Kier molecular flexibility index (Phi) is 5.57. The monoisotopic (exact) mass is 374 g/mol. The molecule has 0 saturated heterocycles. The number of carbonyl (C=O) groups excluding carboxylic acids is 1. The SMILES string of the molecule is CCn1c(OC)nnc1[C@@H](C)NS(=O)(=O)c1ccsc1C(=O)OC. The molecule has 0 unspecified atom stereocenters. The van der Waals surface area contributed by atoms with Crippen LogP contribution in [0.4, 0.5) is 0 Å². The highest BCUT2D eigenvalue weighted by atomic mass is 32.2. The molecular weight excluding hydrogens is 356 g/mol. The van der Waals surface area contributed by atoms with Crippen LogP contribution in [0.25, 0.3) is 0 Å². The van der Waals surface area contributed by atoms with Gasteiger partial charge in [-0.3, -0.25) is 4.57 Å². The molecule has 0 aliphatic carbocycles. The number of methoxy groups -OCH3 is 2. The van der Waals surface area contributed by atoms with Gasteiger partial charge in [0.15, 0.2) is 5.82 Å². The largest absolute Gasteiger partial charge is 0.467 e. The quantitative estimate of drug-likeness (QED) is 0.724. The van der Waals surface area contributed by atoms with Gasteiger partial charge in [0.05, 0.1) is 20.3 Å². The van der Waals surface area contributed by atoms with Gasteiger partial charge in [0.25, 0.3) is 0 Å². The zero-order valence-electron chi connectivity index (χ0n) is 13.6. The normalized spacial score (nSPS) is 12.8. The van der Waals surface area contributed by atoms with Gasteiger partial charge in [-0.1, -0.05) is 5.10 Å². The number of aromatic nitrogens is 3. The van der Waals surface area contributed by atoms with E-state index in [4.69, 9.17) is 4.74 Å². The van der Waals surface area contributed by atoms with Crippen LogP contribution >= 0.6 is 11.3 Å². The van der Waals surface area contributed by atoms with Crippen LogP contribution in [0.2, 0.25) is 0 Å². The highest BCUT2D eigenvalue weighted by Crippen LogP contribution is 2.25. The van der Waals surface area contributed by atoms with E-state index in [1.54, 1.807) is 11.5 Å². The Balaban J connectivity index is 2.31. The summed E-state index contributed by atoms with van der Waals surface area (Å²) in [4.78, 5) is 11.6. The fourth-order valence-electron chi connectivity index (χ4n) is 2.17. The number of carbonyl (C=O) groups is 1. The molecule has 0 amide bonds. The number of hydrogen-bond acceptors (Lipinski definition) is 8. The van der Waals surface area contributed by atoms with Gasteiger partial charge in [-0.2, -0.15) is 0 Å². The minimum atomic E-state index is -3.93. The number of nitrogens with one attached hydrogen (secondary N) is 1. The van der Waals surface area contributed by atoms with Crippen LogP contribution in [0.1, 0.15) is 35.4 Å². The maximum atomic E-state index is 12.6. The molecule has 2 rings (SSSR count). The summed E-state index contributed by atoms with van der Waals surface area (Å²) in [6.07, 6.45) is 0. The summed E-state index contributed by atoms with van der Waals surface area (Å²) in [6, 6.07) is 0.984. The van der Waals surface area contributed by atoms with E-state index >= 15 is 0 Å². The zero-order valence-corrected chi connectivity index (χ0v) is 15.3. The molecule has 11 heteroatoms. The van der Waals surface area contributed by atoms with Crippen molar-refractivity contribution in [3.8, 4) is 6.01 Å². The smallest absolute Gasteiger partial charge is 0.349 e. The minimum absolute atomic E-state index is 0.0201. The molecule has 0 radical (unpaired) electrons. The minimum Gasteiger partial charge on any atom is -0.467 e. The van der Waals surface area contributed by atoms with Crippen molar-refractivity contribution in [3.05, 3.63) is 22.1 Å². The van der Waals surface area contributed by atoms with Gasteiger partial charge in [-0.25, -0.2) is 17.9 Å². The van der Waals surface area contributed by atoms with Crippen LogP contribution in [0, 0.1) is 0 Å². The van der Waals surface area contributed by atoms with Crippen molar-refractivity contribution in [2.45, 2.75) is 31.3 Å². The molecule has 0 aliphatic heterocycles. The average molecular weight is 374 g/mol. The van der Waals surface area contributed by atoms with Crippen molar-refractivity contribution in [1.82, 2.24) is 19.5 Å². The molecule has 0 aromatic carbocycles. The second-order valence-electron chi connectivity index (χ2n) is 4.74. The van der Waals surface area contributed by atoms with Crippen molar-refractivity contribution in [2.75, 3.05) is 14.2 Å². The number of thiophene rings is 1. The number of hydrogen-bond donors (Lipinski definition) is 1. The van der Waals surface area contributed by atoms with E-state index in [1.807, 2.05) is 6.92 Å². The summed E-state index contributed by atoms with van der Waals surface area (Å²) < 4.78 is 39.0. The van der Waals surface area contributed by atoms with Crippen molar-refractivity contribution in [1.29, 1.82) is 0 Å². The summed E-state index contributed by atoms with van der Waals surface area (Å²) in [5.74, 6) is -0.288. The number of rotatable bonds is 7. The van der Waals surface area contributed by atoms with Crippen LogP contribution in [-0.4, -0.2) is 43.4 Å². The highest BCUT2D eigenvalue weighted by molar-refractivity contribution is 7.89. The van der Waals surface area contributed by atoms with E-state index < -0.39 is 22.0 Å². The summed E-state index contributed by atoms with van der Waals surface area (Å²) >= 11 is 1.00. The van der Waals surface area contributed by atoms with Crippen molar-refractivity contribution >= 4 is 27.3 Å². The average Bonchev–Trinajstić information content (AvgIpc) is 3.19. The first-order valence-electron chi connectivity index (χ1n) is 7.00. The third-order valence-electron chi connectivity index (χ3n) is 3.25. The first kappa shape index (κ1) is 18.4. The topological polar surface area (TPSA) is 112 Å². The fraction of sp³-hybridized carbons (Fsp3) is 0.462. The lowest BCUT2D eigenvalue weighted by Gasteiger charge is -2.15. The van der Waals surface area contributed by atoms with Crippen LogP contribution in [0.15, 0.2) is 16.3 Å². The van der Waals surface area contributed by atoms with Gasteiger partial charge in [-0.05, 0) is 25.3 Å². The maximum absolute atomic E-state index is 12.6. The van der Waals surface area contributed by atoms with Crippen molar-refractivity contribution < 1.29 is 22.7 Å². The first-order chi connectivity index (χ1) is 11.4. The highest BCUT2D eigenvalue weighted by Gasteiger charge is 2.28. The van der Waals surface area contributed by atoms with Gasteiger partial charge in [0.2, 0.25) is 10.0 Å². The first-order valence-corrected chi connectivity index (χ1v) is 9.37. The molecule has 1 atom stereocenters. The molecule has 24 heavy (non-hydrogen) atoms. The lowest BCUT2D eigenvalue weighted by Crippen LogP contribution is -2.29. The van der Waals surface area contributed by atoms with Crippen LogP contribution in [-0.2, 0) is 21.3 Å². The molecule has 1 N–H and O–H groups in total. The third-order valence-corrected chi connectivity index (χ3v) is 5.86. The van der Waals surface area contributed by atoms with Gasteiger partial charge in [-0.15, -0.1) is 16.4 Å². The van der Waals surface area contributed by atoms with Crippen LogP contribution < -0.4 is 9.46 Å².